The number of hydrogen-bond acceptors (Lipinski definition) is 9. The minimum absolute atomic E-state index is 0.0324. The molecule has 210 valence electrons. The lowest BCUT2D eigenvalue weighted by molar-refractivity contribution is -0.143. The van der Waals surface area contributed by atoms with Crippen molar-refractivity contribution in [2.75, 3.05) is 13.2 Å². The van der Waals surface area contributed by atoms with Gasteiger partial charge in [0, 0.05) is 6.54 Å². The van der Waals surface area contributed by atoms with Crippen LogP contribution in [0.1, 0.15) is 24.8 Å². The lowest BCUT2D eigenvalue weighted by atomic mass is 10.1. The van der Waals surface area contributed by atoms with Gasteiger partial charge in [-0.05, 0) is 37.0 Å². The zero-order chi connectivity index (χ0) is 28.8. The van der Waals surface area contributed by atoms with Gasteiger partial charge in [0.15, 0.2) is 5.96 Å². The van der Waals surface area contributed by atoms with Crippen LogP contribution in [0.4, 0.5) is 0 Å². The van der Waals surface area contributed by atoms with Gasteiger partial charge in [-0.25, -0.2) is 4.79 Å². The Morgan fingerprint density at radius 3 is 1.95 bits per heavy atom. The first kappa shape index (κ1) is 31.6. The van der Waals surface area contributed by atoms with Crippen LogP contribution in [0.5, 0.6) is 5.75 Å². The molecular weight excluding hydrogens is 504 g/mol. The van der Waals surface area contributed by atoms with Crippen LogP contribution in [0.2, 0.25) is 0 Å². The number of nitrogens with two attached hydrogens (primary N) is 4. The molecule has 16 nitrogen and oxygen atoms in total. The molecule has 0 aromatic heterocycles. The topological polar surface area (TPSA) is 299 Å². The summed E-state index contributed by atoms with van der Waals surface area (Å²) in [6.45, 7) is -0.761. The van der Waals surface area contributed by atoms with Crippen molar-refractivity contribution in [2.24, 2.45) is 27.9 Å². The zero-order valence-electron chi connectivity index (χ0n) is 20.5. The van der Waals surface area contributed by atoms with E-state index >= 15 is 0 Å². The number of phenols is 1. The van der Waals surface area contributed by atoms with Gasteiger partial charge >= 0.3 is 5.97 Å². The van der Waals surface area contributed by atoms with Gasteiger partial charge in [0.1, 0.15) is 23.9 Å². The van der Waals surface area contributed by atoms with Crippen molar-refractivity contribution in [3.63, 3.8) is 0 Å². The van der Waals surface area contributed by atoms with Crippen molar-refractivity contribution >= 4 is 35.6 Å². The first-order valence-corrected chi connectivity index (χ1v) is 11.5. The third-order valence-electron chi connectivity index (χ3n) is 5.14. The van der Waals surface area contributed by atoms with E-state index in [4.69, 9.17) is 22.9 Å². The highest BCUT2D eigenvalue weighted by Crippen LogP contribution is 2.11. The molecule has 4 atom stereocenters. The Morgan fingerprint density at radius 2 is 1.42 bits per heavy atom. The minimum atomic E-state index is -1.65. The number of carboxylic acid groups (broad SMARTS) is 1. The van der Waals surface area contributed by atoms with E-state index in [2.05, 4.69) is 20.9 Å². The van der Waals surface area contributed by atoms with Gasteiger partial charge in [-0.15, -0.1) is 0 Å². The van der Waals surface area contributed by atoms with Crippen molar-refractivity contribution in [2.45, 2.75) is 49.9 Å². The summed E-state index contributed by atoms with van der Waals surface area (Å²) in [4.78, 5) is 64.3. The number of hydrogen-bond donors (Lipinski definition) is 10. The molecule has 1 rings (SSSR count). The second kappa shape index (κ2) is 15.6. The number of aliphatic hydroxyl groups excluding tert-OH is 1. The number of carboxylic acids is 1. The summed E-state index contributed by atoms with van der Waals surface area (Å²) in [5, 5.41) is 35.0. The summed E-state index contributed by atoms with van der Waals surface area (Å²) in [7, 11) is 0. The number of nitrogens with one attached hydrogen (secondary N) is 3. The number of guanidine groups is 1. The summed E-state index contributed by atoms with van der Waals surface area (Å²) >= 11 is 0. The van der Waals surface area contributed by atoms with Crippen LogP contribution in [0.3, 0.4) is 0 Å². The van der Waals surface area contributed by atoms with Crippen molar-refractivity contribution < 1.29 is 39.3 Å². The van der Waals surface area contributed by atoms with E-state index in [0.717, 1.165) is 0 Å². The van der Waals surface area contributed by atoms with E-state index in [1.54, 1.807) is 12.1 Å². The predicted molar refractivity (Wildman–Crippen MR) is 134 cm³/mol. The van der Waals surface area contributed by atoms with Crippen LogP contribution in [-0.4, -0.2) is 88.2 Å². The Labute approximate surface area is 217 Å². The molecule has 16 heteroatoms. The molecule has 0 saturated carbocycles. The smallest absolute Gasteiger partial charge is 0.326 e. The first-order valence-electron chi connectivity index (χ1n) is 11.5. The fraction of sp³-hybridized carbons (Fsp3) is 0.455. The number of benzene rings is 1. The van der Waals surface area contributed by atoms with Gasteiger partial charge in [-0.1, -0.05) is 12.1 Å². The van der Waals surface area contributed by atoms with Gasteiger partial charge < -0.3 is 54.2 Å². The second-order valence-electron chi connectivity index (χ2n) is 8.30. The average molecular weight is 539 g/mol. The number of primary amides is 1. The molecule has 0 bridgehead atoms. The molecule has 0 aliphatic heterocycles. The molecule has 4 unspecified atom stereocenters. The highest BCUT2D eigenvalue weighted by Gasteiger charge is 2.30. The second-order valence-corrected chi connectivity index (χ2v) is 8.30. The lowest BCUT2D eigenvalue weighted by Crippen LogP contribution is -2.58. The molecule has 0 aliphatic rings. The van der Waals surface area contributed by atoms with Crippen LogP contribution >= 0.6 is 0 Å². The van der Waals surface area contributed by atoms with Gasteiger partial charge in [0.2, 0.25) is 23.6 Å². The summed E-state index contributed by atoms with van der Waals surface area (Å²) in [6, 6.07) is 0.361. The Balaban J connectivity index is 2.91. The SMILES string of the molecule is NC(=O)CC(NC(=O)C(CCCN=C(N)N)NC(=O)C(CO)NC(=O)C(N)Cc1ccc(O)cc1)C(=O)O. The zero-order valence-corrected chi connectivity index (χ0v) is 20.5. The molecule has 0 saturated heterocycles. The number of phenolic OH excluding ortho intramolecular Hbond substituents is 1. The Bertz CT molecular complexity index is 1010. The van der Waals surface area contributed by atoms with Crippen LogP contribution in [0, 0.1) is 0 Å². The highest BCUT2D eigenvalue weighted by atomic mass is 16.4. The molecule has 1 aromatic carbocycles. The molecular formula is C22H34N8O8. The van der Waals surface area contributed by atoms with Crippen LogP contribution in [0.15, 0.2) is 29.3 Å². The fourth-order valence-electron chi connectivity index (χ4n) is 3.17. The molecule has 0 aliphatic carbocycles. The van der Waals surface area contributed by atoms with Gasteiger partial charge in [-0.2, -0.15) is 0 Å². The van der Waals surface area contributed by atoms with Crippen molar-refractivity contribution in [1.29, 1.82) is 0 Å². The Kier molecular flexibility index (Phi) is 13.0. The molecule has 4 amide bonds. The number of aliphatic hydroxyl groups is 1. The normalized spacial score (nSPS) is 13.7. The maximum absolute atomic E-state index is 12.8. The predicted octanol–water partition coefficient (Wildman–Crippen LogP) is -4.28. The van der Waals surface area contributed by atoms with Crippen molar-refractivity contribution in [3.8, 4) is 5.75 Å². The minimum Gasteiger partial charge on any atom is -0.508 e. The van der Waals surface area contributed by atoms with Gasteiger partial charge in [0.25, 0.3) is 0 Å². The van der Waals surface area contributed by atoms with Crippen molar-refractivity contribution in [1.82, 2.24) is 16.0 Å². The number of carbonyl (C=O) groups excluding carboxylic acids is 4. The number of amides is 4. The quantitative estimate of drug-likeness (QED) is 0.0545. The molecule has 0 radical (unpaired) electrons. The fourth-order valence-corrected chi connectivity index (χ4v) is 3.17. The number of aliphatic imine (C=N–C) groups is 1. The van der Waals surface area contributed by atoms with E-state index < -0.39 is 66.8 Å². The van der Waals surface area contributed by atoms with Gasteiger partial charge in [0.05, 0.1) is 19.1 Å². The summed E-state index contributed by atoms with van der Waals surface area (Å²) in [5.41, 5.74) is 22.1. The Morgan fingerprint density at radius 1 is 0.868 bits per heavy atom. The van der Waals surface area contributed by atoms with E-state index in [9.17, 15) is 39.3 Å². The maximum atomic E-state index is 12.8. The number of carbonyl (C=O) groups is 5. The van der Waals surface area contributed by atoms with Gasteiger partial charge in [-0.3, -0.25) is 24.2 Å². The summed E-state index contributed by atoms with van der Waals surface area (Å²) in [6.07, 6.45) is -0.511. The molecule has 14 N–H and O–H groups in total. The number of aromatic hydroxyl groups is 1. The van der Waals surface area contributed by atoms with E-state index in [1.165, 1.54) is 12.1 Å². The molecule has 0 heterocycles. The van der Waals surface area contributed by atoms with E-state index in [1.807, 2.05) is 0 Å². The molecule has 38 heavy (non-hydrogen) atoms. The monoisotopic (exact) mass is 538 g/mol. The van der Waals surface area contributed by atoms with Crippen molar-refractivity contribution in [3.05, 3.63) is 29.8 Å². The largest absolute Gasteiger partial charge is 0.508 e. The lowest BCUT2D eigenvalue weighted by Gasteiger charge is -2.24. The third-order valence-corrected chi connectivity index (χ3v) is 5.14. The highest BCUT2D eigenvalue weighted by molar-refractivity contribution is 5.95. The van der Waals surface area contributed by atoms with Crippen LogP contribution in [-0.2, 0) is 30.4 Å². The third kappa shape index (κ3) is 11.5. The average Bonchev–Trinajstić information content (AvgIpc) is 2.84. The van der Waals surface area contributed by atoms with E-state index in [-0.39, 0.29) is 37.5 Å². The first-order chi connectivity index (χ1) is 17.8. The van der Waals surface area contributed by atoms with Crippen LogP contribution in [0.25, 0.3) is 0 Å². The molecule has 1 aromatic rings. The molecule has 0 spiro atoms. The summed E-state index contributed by atoms with van der Waals surface area (Å²) < 4.78 is 0. The standard InChI is InChI=1S/C22H34N8O8/c23-13(8-11-3-5-12(32)6-4-11)18(34)30-16(10-31)20(36)28-14(2-1-7-27-22(25)26)19(35)29-15(21(37)38)9-17(24)33/h3-6,13-16,31-32H,1-2,7-10,23H2,(H2,24,33)(H,28,36)(H,29,35)(H,30,34)(H,37,38)(H4,25,26,27). The van der Waals surface area contributed by atoms with Crippen LogP contribution < -0.4 is 38.9 Å². The number of aliphatic carboxylic acids is 1. The molecule has 0 fully saturated rings. The number of rotatable bonds is 16. The summed E-state index contributed by atoms with van der Waals surface area (Å²) in [5.74, 6) is -5.35. The Hall–Kier alpha value is -4.44. The maximum Gasteiger partial charge on any atom is 0.326 e. The van der Waals surface area contributed by atoms with E-state index in [0.29, 0.717) is 5.56 Å². The number of nitrogens with zero attached hydrogens (tertiary/aromatic N) is 1.